The van der Waals surface area contributed by atoms with E-state index in [-0.39, 0.29) is 18.4 Å². The molecule has 0 aliphatic heterocycles. The minimum Gasteiger partial charge on any atom is -0.481 e. The molecule has 5 heteroatoms. The van der Waals surface area contributed by atoms with Gasteiger partial charge in [0, 0.05) is 0 Å². The lowest BCUT2D eigenvalue weighted by Crippen LogP contribution is -2.41. The Hall–Kier alpha value is -1.88. The molecule has 1 saturated carbocycles. The Morgan fingerprint density at radius 2 is 1.88 bits per heavy atom. The van der Waals surface area contributed by atoms with Gasteiger partial charge in [0.05, 0.1) is 18.6 Å². The maximum Gasteiger partial charge on any atom is 0.305 e. The molecule has 2 N–H and O–H groups in total. The molecule has 1 aromatic rings. The van der Waals surface area contributed by atoms with Crippen LogP contribution < -0.4 is 5.32 Å². The van der Waals surface area contributed by atoms with Crippen LogP contribution in [0.4, 0.5) is 0 Å². The molecular formula is C19H27NO4. The molecule has 1 amide bonds. The quantitative estimate of drug-likeness (QED) is 0.764. The molecule has 0 heterocycles. The topological polar surface area (TPSA) is 75.6 Å². The maximum absolute atomic E-state index is 12.6. The Labute approximate surface area is 143 Å². The standard InChI is InChI=1S/C19H27NO4/c1-2-17(24-15-11-7-4-8-12-15)19(23)20-16(13-18(21)22)14-9-5-3-6-10-14/h3,5-6,9-10,15-17H,2,4,7-8,11-13H2,1H3,(H,20,23)(H,21,22). The SMILES string of the molecule is CCC(OC1CCCCC1)C(=O)NC(CC(=O)O)c1ccccc1. The summed E-state index contributed by atoms with van der Waals surface area (Å²) in [7, 11) is 0. The molecule has 5 nitrogen and oxygen atoms in total. The van der Waals surface area contributed by atoms with Gasteiger partial charge in [0.2, 0.25) is 5.91 Å². The number of hydrogen-bond donors (Lipinski definition) is 2. The van der Waals surface area contributed by atoms with Crippen molar-refractivity contribution in [3.8, 4) is 0 Å². The van der Waals surface area contributed by atoms with E-state index in [0.717, 1.165) is 31.2 Å². The molecule has 1 fully saturated rings. The van der Waals surface area contributed by atoms with Gasteiger partial charge in [0.1, 0.15) is 6.10 Å². The van der Waals surface area contributed by atoms with Gasteiger partial charge in [-0.2, -0.15) is 0 Å². The van der Waals surface area contributed by atoms with Crippen molar-refractivity contribution in [3.63, 3.8) is 0 Å². The summed E-state index contributed by atoms with van der Waals surface area (Å²) in [5.41, 5.74) is 0.792. The second-order valence-electron chi connectivity index (χ2n) is 6.36. The van der Waals surface area contributed by atoms with Gasteiger partial charge in [-0.1, -0.05) is 56.5 Å². The highest BCUT2D eigenvalue weighted by Crippen LogP contribution is 2.23. The number of rotatable bonds is 8. The molecule has 2 unspecified atom stereocenters. The van der Waals surface area contributed by atoms with Crippen LogP contribution in [0.15, 0.2) is 30.3 Å². The van der Waals surface area contributed by atoms with Crippen LogP contribution in [-0.4, -0.2) is 29.2 Å². The van der Waals surface area contributed by atoms with Crippen molar-refractivity contribution in [1.29, 1.82) is 0 Å². The van der Waals surface area contributed by atoms with Crippen molar-refractivity contribution >= 4 is 11.9 Å². The number of benzene rings is 1. The molecule has 0 spiro atoms. The minimum atomic E-state index is -0.939. The number of carboxylic acids is 1. The Bertz CT molecular complexity index is 525. The first-order chi connectivity index (χ1) is 11.6. The number of ether oxygens (including phenoxy) is 1. The number of carbonyl (C=O) groups excluding carboxylic acids is 1. The van der Waals surface area contributed by atoms with Gasteiger partial charge in [-0.05, 0) is 24.8 Å². The molecule has 0 radical (unpaired) electrons. The summed E-state index contributed by atoms with van der Waals surface area (Å²) in [6.07, 6.45) is 5.59. The summed E-state index contributed by atoms with van der Waals surface area (Å²) in [5.74, 6) is -1.16. The molecule has 0 aromatic heterocycles. The first-order valence-corrected chi connectivity index (χ1v) is 8.82. The van der Waals surface area contributed by atoms with Gasteiger partial charge in [-0.15, -0.1) is 0 Å². The van der Waals surface area contributed by atoms with Gasteiger partial charge < -0.3 is 15.2 Å². The molecule has 1 aromatic carbocycles. The van der Waals surface area contributed by atoms with Gasteiger partial charge in [0.15, 0.2) is 0 Å². The van der Waals surface area contributed by atoms with Crippen molar-refractivity contribution in [2.45, 2.75) is 70.1 Å². The summed E-state index contributed by atoms with van der Waals surface area (Å²) in [6.45, 7) is 1.92. The summed E-state index contributed by atoms with van der Waals surface area (Å²) >= 11 is 0. The molecular weight excluding hydrogens is 306 g/mol. The number of aliphatic carboxylic acids is 1. The fourth-order valence-electron chi connectivity index (χ4n) is 3.15. The van der Waals surface area contributed by atoms with Crippen LogP contribution in [-0.2, 0) is 14.3 Å². The molecule has 132 valence electrons. The smallest absolute Gasteiger partial charge is 0.305 e. The van der Waals surface area contributed by atoms with Gasteiger partial charge in [-0.25, -0.2) is 0 Å². The molecule has 2 rings (SSSR count). The highest BCUT2D eigenvalue weighted by atomic mass is 16.5. The van der Waals surface area contributed by atoms with E-state index in [1.807, 2.05) is 37.3 Å². The van der Waals surface area contributed by atoms with Crippen LogP contribution >= 0.6 is 0 Å². The van der Waals surface area contributed by atoms with Crippen molar-refractivity contribution in [3.05, 3.63) is 35.9 Å². The van der Waals surface area contributed by atoms with Gasteiger partial charge >= 0.3 is 5.97 Å². The van der Waals surface area contributed by atoms with E-state index < -0.39 is 18.1 Å². The number of hydrogen-bond acceptors (Lipinski definition) is 3. The van der Waals surface area contributed by atoms with Gasteiger partial charge in [0.25, 0.3) is 0 Å². The number of carbonyl (C=O) groups is 2. The Morgan fingerprint density at radius 1 is 1.21 bits per heavy atom. The van der Waals surface area contributed by atoms with Gasteiger partial charge in [-0.3, -0.25) is 9.59 Å². The van der Waals surface area contributed by atoms with Crippen molar-refractivity contribution in [2.75, 3.05) is 0 Å². The normalized spacial score (nSPS) is 17.9. The van der Waals surface area contributed by atoms with Crippen LogP contribution in [0.2, 0.25) is 0 Å². The molecule has 1 aliphatic rings. The number of amides is 1. The van der Waals surface area contributed by atoms with E-state index in [1.165, 1.54) is 6.42 Å². The maximum atomic E-state index is 12.6. The summed E-state index contributed by atoms with van der Waals surface area (Å²) in [5, 5.41) is 12.0. The lowest BCUT2D eigenvalue weighted by molar-refractivity contribution is -0.141. The predicted molar refractivity (Wildman–Crippen MR) is 91.6 cm³/mol. The number of nitrogens with one attached hydrogen (secondary N) is 1. The van der Waals surface area contributed by atoms with E-state index in [4.69, 9.17) is 9.84 Å². The van der Waals surface area contributed by atoms with E-state index in [9.17, 15) is 9.59 Å². The van der Waals surface area contributed by atoms with Crippen LogP contribution in [0.25, 0.3) is 0 Å². The highest BCUT2D eigenvalue weighted by Gasteiger charge is 2.26. The van der Waals surface area contributed by atoms with Crippen LogP contribution in [0.1, 0.15) is 63.5 Å². The van der Waals surface area contributed by atoms with Crippen molar-refractivity contribution in [2.24, 2.45) is 0 Å². The summed E-state index contributed by atoms with van der Waals surface area (Å²) in [4.78, 5) is 23.7. The summed E-state index contributed by atoms with van der Waals surface area (Å²) < 4.78 is 5.98. The zero-order chi connectivity index (χ0) is 17.4. The second kappa shape index (κ2) is 9.42. The second-order valence-corrected chi connectivity index (χ2v) is 6.36. The highest BCUT2D eigenvalue weighted by molar-refractivity contribution is 5.82. The fraction of sp³-hybridized carbons (Fsp3) is 0.579. The average molecular weight is 333 g/mol. The van der Waals surface area contributed by atoms with Crippen LogP contribution in [0, 0.1) is 0 Å². The monoisotopic (exact) mass is 333 g/mol. The average Bonchev–Trinajstić information content (AvgIpc) is 2.60. The Morgan fingerprint density at radius 3 is 2.46 bits per heavy atom. The van der Waals surface area contributed by atoms with Crippen LogP contribution in [0.3, 0.4) is 0 Å². The largest absolute Gasteiger partial charge is 0.481 e. The third-order valence-electron chi connectivity index (χ3n) is 4.47. The van der Waals surface area contributed by atoms with Crippen molar-refractivity contribution < 1.29 is 19.4 Å². The van der Waals surface area contributed by atoms with Crippen LogP contribution in [0.5, 0.6) is 0 Å². The lowest BCUT2D eigenvalue weighted by Gasteiger charge is -2.28. The predicted octanol–water partition coefficient (Wildman–Crippen LogP) is 3.45. The Balaban J connectivity index is 2.00. The Kier molecular flexibility index (Phi) is 7.25. The zero-order valence-corrected chi connectivity index (χ0v) is 14.2. The number of carboxylic acid groups (broad SMARTS) is 1. The fourth-order valence-corrected chi connectivity index (χ4v) is 3.15. The molecule has 2 atom stereocenters. The zero-order valence-electron chi connectivity index (χ0n) is 14.2. The minimum absolute atomic E-state index is 0.143. The van der Waals surface area contributed by atoms with Crippen molar-refractivity contribution in [1.82, 2.24) is 5.32 Å². The third-order valence-corrected chi connectivity index (χ3v) is 4.47. The van der Waals surface area contributed by atoms with E-state index in [1.54, 1.807) is 0 Å². The third kappa shape index (κ3) is 5.64. The van der Waals surface area contributed by atoms with E-state index in [0.29, 0.717) is 6.42 Å². The molecule has 0 saturated heterocycles. The molecule has 1 aliphatic carbocycles. The molecule has 0 bridgehead atoms. The lowest BCUT2D eigenvalue weighted by atomic mass is 9.97. The van der Waals surface area contributed by atoms with E-state index >= 15 is 0 Å². The molecule has 24 heavy (non-hydrogen) atoms. The first-order valence-electron chi connectivity index (χ1n) is 8.82. The van der Waals surface area contributed by atoms with E-state index in [2.05, 4.69) is 5.32 Å². The summed E-state index contributed by atoms with van der Waals surface area (Å²) in [6, 6.07) is 8.66. The first kappa shape index (κ1) is 18.5.